The molecule has 0 unspecified atom stereocenters. The molecule has 2 heterocycles. The summed E-state index contributed by atoms with van der Waals surface area (Å²) in [5.74, 6) is 1.55. The summed E-state index contributed by atoms with van der Waals surface area (Å²) in [5.41, 5.74) is 3.30. The molecule has 3 aromatic rings. The summed E-state index contributed by atoms with van der Waals surface area (Å²) in [6, 6.07) is 15.7. The Morgan fingerprint density at radius 3 is 2.65 bits per heavy atom. The maximum atomic E-state index is 13.1. The first-order chi connectivity index (χ1) is 15.0. The van der Waals surface area contributed by atoms with Crippen LogP contribution in [0.15, 0.2) is 42.5 Å². The van der Waals surface area contributed by atoms with Crippen molar-refractivity contribution in [3.63, 3.8) is 0 Å². The molecule has 160 valence electrons. The number of carbonyl (C=O) groups excluding carboxylic acids is 1. The molecule has 0 radical (unpaired) electrons. The normalized spacial score (nSPS) is 14.2. The van der Waals surface area contributed by atoms with Crippen molar-refractivity contribution < 1.29 is 14.3 Å². The highest BCUT2D eigenvalue weighted by molar-refractivity contribution is 5.89. The zero-order valence-electron chi connectivity index (χ0n) is 18.1. The molecular formula is C25H27N3O3. The highest BCUT2D eigenvalue weighted by Crippen LogP contribution is 2.34. The lowest BCUT2D eigenvalue weighted by molar-refractivity contribution is -0.122. The summed E-state index contributed by atoms with van der Waals surface area (Å²) in [4.78, 5) is 13.1. The number of aromatic nitrogens is 1. The fourth-order valence-electron chi connectivity index (χ4n) is 4.15. The van der Waals surface area contributed by atoms with Gasteiger partial charge in [-0.3, -0.25) is 4.79 Å². The van der Waals surface area contributed by atoms with Gasteiger partial charge in [0, 0.05) is 17.5 Å². The molecule has 1 aromatic heterocycles. The van der Waals surface area contributed by atoms with Gasteiger partial charge >= 0.3 is 0 Å². The molecule has 4 rings (SSSR count). The molecule has 1 atom stereocenters. The average Bonchev–Trinajstić information content (AvgIpc) is 2.90. The van der Waals surface area contributed by atoms with Crippen LogP contribution < -0.4 is 14.8 Å². The van der Waals surface area contributed by atoms with E-state index in [1.54, 1.807) is 0 Å². The third kappa shape index (κ3) is 4.09. The second-order valence-electron chi connectivity index (χ2n) is 8.22. The molecule has 1 N–H and O–H groups in total. The van der Waals surface area contributed by atoms with E-state index in [2.05, 4.69) is 25.2 Å². The van der Waals surface area contributed by atoms with Crippen LogP contribution in [0.3, 0.4) is 0 Å². The van der Waals surface area contributed by atoms with Gasteiger partial charge in [-0.1, -0.05) is 38.1 Å². The Labute approximate surface area is 182 Å². The van der Waals surface area contributed by atoms with Crippen LogP contribution in [-0.2, 0) is 11.3 Å². The van der Waals surface area contributed by atoms with E-state index in [-0.39, 0.29) is 24.4 Å². The van der Waals surface area contributed by atoms with Crippen LogP contribution in [-0.4, -0.2) is 23.7 Å². The molecule has 1 aliphatic heterocycles. The van der Waals surface area contributed by atoms with Gasteiger partial charge in [-0.15, -0.1) is 0 Å². The van der Waals surface area contributed by atoms with Crippen LogP contribution in [0, 0.1) is 24.2 Å². The zero-order chi connectivity index (χ0) is 22.0. The number of hydrogen-bond donors (Lipinski definition) is 1. The maximum Gasteiger partial charge on any atom is 0.240 e. The molecule has 6 heteroatoms. The van der Waals surface area contributed by atoms with Gasteiger partial charge in [0.1, 0.15) is 12.6 Å². The lowest BCUT2D eigenvalue weighted by Gasteiger charge is -2.24. The van der Waals surface area contributed by atoms with E-state index in [1.807, 2.05) is 54.0 Å². The fraction of sp³-hybridized carbons (Fsp3) is 0.360. The number of para-hydroxylation sites is 1. The first-order valence-electron chi connectivity index (χ1n) is 10.7. The predicted octanol–water partition coefficient (Wildman–Crippen LogP) is 4.50. The minimum Gasteiger partial charge on any atom is -0.490 e. The molecule has 6 nitrogen and oxygen atoms in total. The number of benzene rings is 2. The topological polar surface area (TPSA) is 76.3 Å². The second kappa shape index (κ2) is 8.73. The van der Waals surface area contributed by atoms with Crippen molar-refractivity contribution in [1.82, 2.24) is 9.88 Å². The molecule has 1 amide bonds. The number of nitriles is 1. The van der Waals surface area contributed by atoms with Gasteiger partial charge in [0.15, 0.2) is 11.5 Å². The quantitative estimate of drug-likeness (QED) is 0.663. The van der Waals surface area contributed by atoms with Gasteiger partial charge in [-0.2, -0.15) is 5.26 Å². The highest BCUT2D eigenvalue weighted by atomic mass is 16.5. The Hall–Kier alpha value is -3.46. The van der Waals surface area contributed by atoms with Crippen molar-refractivity contribution in [3.8, 4) is 17.6 Å². The smallest absolute Gasteiger partial charge is 0.240 e. The van der Waals surface area contributed by atoms with Crippen molar-refractivity contribution in [1.29, 1.82) is 5.26 Å². The van der Waals surface area contributed by atoms with Gasteiger partial charge < -0.3 is 19.4 Å². The van der Waals surface area contributed by atoms with E-state index in [0.29, 0.717) is 18.8 Å². The highest BCUT2D eigenvalue weighted by Gasteiger charge is 2.22. The third-order valence-electron chi connectivity index (χ3n) is 5.76. The number of hydrogen-bond acceptors (Lipinski definition) is 4. The first kappa shape index (κ1) is 20.8. The summed E-state index contributed by atoms with van der Waals surface area (Å²) in [6.45, 7) is 7.47. The molecule has 0 spiro atoms. The van der Waals surface area contributed by atoms with E-state index < -0.39 is 0 Å². The van der Waals surface area contributed by atoms with Crippen molar-refractivity contribution in [2.24, 2.45) is 5.92 Å². The van der Waals surface area contributed by atoms with E-state index in [4.69, 9.17) is 9.47 Å². The van der Waals surface area contributed by atoms with E-state index in [0.717, 1.165) is 40.1 Å². The summed E-state index contributed by atoms with van der Waals surface area (Å²) in [7, 11) is 0. The standard InChI is InChI=1S/C25H27N3O3/c1-16(2)25(18-9-10-22-23(13-18)31-12-6-11-30-22)27-24(29)15-28-17(3)20(14-26)19-7-4-5-8-21(19)28/h4-5,7-10,13,16,25H,6,11-12,15H2,1-3H3,(H,27,29)/t25-/m1/s1. The molecular weight excluding hydrogens is 390 g/mol. The average molecular weight is 418 g/mol. The lowest BCUT2D eigenvalue weighted by Crippen LogP contribution is -2.34. The van der Waals surface area contributed by atoms with Crippen LogP contribution in [0.25, 0.3) is 10.9 Å². The number of fused-ring (bicyclic) bond motifs is 2. The minimum absolute atomic E-state index is 0.0980. The number of amides is 1. The Kier molecular flexibility index (Phi) is 5.85. The van der Waals surface area contributed by atoms with Gasteiger partial charge in [0.05, 0.1) is 30.3 Å². The predicted molar refractivity (Wildman–Crippen MR) is 119 cm³/mol. The van der Waals surface area contributed by atoms with Crippen LogP contribution >= 0.6 is 0 Å². The number of ether oxygens (including phenoxy) is 2. The van der Waals surface area contributed by atoms with E-state index in [1.165, 1.54) is 0 Å². The molecule has 31 heavy (non-hydrogen) atoms. The van der Waals surface area contributed by atoms with Crippen LogP contribution in [0.5, 0.6) is 11.5 Å². The number of nitrogens with one attached hydrogen (secondary N) is 1. The molecule has 0 aliphatic carbocycles. The molecule has 0 saturated carbocycles. The fourth-order valence-corrected chi connectivity index (χ4v) is 4.15. The largest absolute Gasteiger partial charge is 0.490 e. The first-order valence-corrected chi connectivity index (χ1v) is 10.7. The van der Waals surface area contributed by atoms with E-state index >= 15 is 0 Å². The van der Waals surface area contributed by atoms with Gasteiger partial charge in [0.25, 0.3) is 0 Å². The summed E-state index contributed by atoms with van der Waals surface area (Å²) < 4.78 is 13.5. The van der Waals surface area contributed by atoms with Crippen molar-refractivity contribution >= 4 is 16.8 Å². The monoisotopic (exact) mass is 417 g/mol. The minimum atomic E-state index is -0.165. The number of carbonyl (C=O) groups is 1. The van der Waals surface area contributed by atoms with Crippen molar-refractivity contribution in [3.05, 3.63) is 59.3 Å². The van der Waals surface area contributed by atoms with Crippen molar-refractivity contribution in [2.45, 2.75) is 39.8 Å². The van der Waals surface area contributed by atoms with Crippen LogP contribution in [0.4, 0.5) is 0 Å². The van der Waals surface area contributed by atoms with E-state index in [9.17, 15) is 10.1 Å². The summed E-state index contributed by atoms with van der Waals surface area (Å²) in [6.07, 6.45) is 0.850. The third-order valence-corrected chi connectivity index (χ3v) is 5.76. The molecule has 0 saturated heterocycles. The number of rotatable bonds is 5. The molecule has 2 aromatic carbocycles. The maximum absolute atomic E-state index is 13.1. The van der Waals surface area contributed by atoms with Gasteiger partial charge in [-0.25, -0.2) is 0 Å². The Morgan fingerprint density at radius 2 is 1.90 bits per heavy atom. The Balaban J connectivity index is 1.59. The van der Waals surface area contributed by atoms with Crippen molar-refractivity contribution in [2.75, 3.05) is 13.2 Å². The Bertz CT molecular complexity index is 1160. The molecule has 0 bridgehead atoms. The van der Waals surface area contributed by atoms with Gasteiger partial charge in [0.2, 0.25) is 5.91 Å². The molecule has 0 fully saturated rings. The van der Waals surface area contributed by atoms with Gasteiger partial charge in [-0.05, 0) is 36.6 Å². The SMILES string of the molecule is Cc1c(C#N)c2ccccc2n1CC(=O)N[C@@H](c1ccc2c(c1)OCCCO2)C(C)C. The summed E-state index contributed by atoms with van der Waals surface area (Å²) >= 11 is 0. The van der Waals surface area contributed by atoms with Crippen LogP contribution in [0.1, 0.15) is 43.1 Å². The lowest BCUT2D eigenvalue weighted by atomic mass is 9.95. The zero-order valence-corrected chi connectivity index (χ0v) is 18.1. The molecule has 1 aliphatic rings. The van der Waals surface area contributed by atoms with Crippen LogP contribution in [0.2, 0.25) is 0 Å². The second-order valence-corrected chi connectivity index (χ2v) is 8.22. The number of nitrogens with zero attached hydrogens (tertiary/aromatic N) is 2. The Morgan fingerprint density at radius 1 is 1.16 bits per heavy atom. The summed E-state index contributed by atoms with van der Waals surface area (Å²) in [5, 5.41) is 13.6.